The van der Waals surface area contributed by atoms with Crippen LogP contribution in [0.25, 0.3) is 0 Å². The summed E-state index contributed by atoms with van der Waals surface area (Å²) in [5, 5.41) is 53.2. The van der Waals surface area contributed by atoms with Crippen LogP contribution in [0.4, 0.5) is 0 Å². The van der Waals surface area contributed by atoms with Gasteiger partial charge in [-0.25, -0.2) is 9.59 Å². The van der Waals surface area contributed by atoms with Crippen molar-refractivity contribution >= 4 is 65.0 Å². The number of hydrogen-bond acceptors (Lipinski definition) is 11. The maximum Gasteiger partial charge on any atom is 0.326 e. The summed E-state index contributed by atoms with van der Waals surface area (Å²) in [4.78, 5) is 128. The molecule has 0 fully saturated rings. The van der Waals surface area contributed by atoms with Crippen molar-refractivity contribution < 1.29 is 78.3 Å². The average molecular weight is 1030 g/mol. The van der Waals surface area contributed by atoms with Crippen LogP contribution in [0.1, 0.15) is 226 Å². The van der Waals surface area contributed by atoms with Crippen LogP contribution in [0, 0.1) is 17.8 Å². The molecule has 0 saturated heterocycles. The van der Waals surface area contributed by atoms with Gasteiger partial charge in [0.25, 0.3) is 0 Å². The zero-order valence-corrected chi connectivity index (χ0v) is 43.5. The smallest absolute Gasteiger partial charge is 0.326 e. The van der Waals surface area contributed by atoms with E-state index in [1.165, 1.54) is 103 Å². The number of nitrogens with one attached hydrogen (secondary N) is 3. The average Bonchev–Trinajstić information content (AvgIpc) is 3.30. The number of Topliss-reactive ketones (excluding diaryl/α,β-unsaturated/α-hetero) is 2. The van der Waals surface area contributed by atoms with E-state index in [-0.39, 0.29) is 50.4 Å². The molecule has 0 aromatic heterocycles. The molecule has 0 saturated carbocycles. The molecule has 20 nitrogen and oxygen atoms in total. The highest BCUT2D eigenvalue weighted by Gasteiger charge is 2.28. The van der Waals surface area contributed by atoms with E-state index in [9.17, 15) is 68.1 Å². The van der Waals surface area contributed by atoms with Gasteiger partial charge in [0.1, 0.15) is 23.7 Å². The number of carbonyl (C=O) groups excluding carboxylic acids is 6. The van der Waals surface area contributed by atoms with Gasteiger partial charge in [-0.15, -0.1) is 0 Å². The molecule has 414 valence electrons. The number of primary amides is 1. The summed E-state index contributed by atoms with van der Waals surface area (Å²) in [7, 11) is 0. The van der Waals surface area contributed by atoms with Crippen molar-refractivity contribution in [3.05, 3.63) is 0 Å². The summed E-state index contributed by atoms with van der Waals surface area (Å²) < 4.78 is 0. The Labute approximate surface area is 426 Å². The summed E-state index contributed by atoms with van der Waals surface area (Å²) in [5.74, 6) is -12.5. The molecule has 0 spiro atoms. The number of amides is 4. The molecule has 0 aromatic rings. The van der Waals surface area contributed by atoms with E-state index < -0.39 is 109 Å². The molecule has 0 heterocycles. The van der Waals surface area contributed by atoms with Crippen LogP contribution in [-0.2, 0) is 52.7 Å². The molecule has 0 aliphatic heterocycles. The molecule has 72 heavy (non-hydrogen) atoms. The van der Waals surface area contributed by atoms with E-state index in [4.69, 9.17) is 15.9 Å². The number of ketones is 2. The van der Waals surface area contributed by atoms with E-state index >= 15 is 0 Å². The number of nitrogens with two attached hydrogens (primary N) is 1. The monoisotopic (exact) mass is 1030 g/mol. The summed E-state index contributed by atoms with van der Waals surface area (Å²) >= 11 is 0. The number of carboxylic acids is 5. The van der Waals surface area contributed by atoms with Crippen molar-refractivity contribution in [2.24, 2.45) is 23.5 Å². The molecule has 0 aliphatic rings. The normalized spacial score (nSPS) is 12.9. The molecule has 0 aliphatic carbocycles. The van der Waals surface area contributed by atoms with Crippen molar-refractivity contribution in [2.75, 3.05) is 6.54 Å². The Morgan fingerprint density at radius 1 is 0.417 bits per heavy atom. The minimum Gasteiger partial charge on any atom is -0.481 e. The Kier molecular flexibility index (Phi) is 42.2. The van der Waals surface area contributed by atoms with Crippen LogP contribution in [-0.4, -0.2) is 109 Å². The van der Waals surface area contributed by atoms with Crippen LogP contribution in [0.5, 0.6) is 0 Å². The quantitative estimate of drug-likeness (QED) is 0.0266. The Hall–Kier alpha value is -5.43. The molecular weight excluding hydrogens is 937 g/mol. The second kappa shape index (κ2) is 44.3. The lowest BCUT2D eigenvalue weighted by molar-refractivity contribution is -0.145. The van der Waals surface area contributed by atoms with E-state index in [0.717, 1.165) is 12.8 Å². The molecule has 4 amide bonds. The van der Waals surface area contributed by atoms with Crippen molar-refractivity contribution in [3.63, 3.8) is 0 Å². The molecule has 0 rings (SSSR count). The lowest BCUT2D eigenvalue weighted by Crippen LogP contribution is -2.42. The second-order valence-electron chi connectivity index (χ2n) is 18.9. The highest BCUT2D eigenvalue weighted by atomic mass is 16.4. The summed E-state index contributed by atoms with van der Waals surface area (Å²) in [5.41, 5.74) is 5.30. The minimum atomic E-state index is -1.53. The molecule has 0 unspecified atom stereocenters. The van der Waals surface area contributed by atoms with E-state index in [1.807, 2.05) is 6.92 Å². The number of unbranched alkanes of at least 4 members (excludes halogenated alkanes) is 17. The molecular formula is C52H90N4O16. The number of carbonyl (C=O) groups is 11. The molecule has 0 aromatic carbocycles. The van der Waals surface area contributed by atoms with Gasteiger partial charge in [-0.2, -0.15) is 0 Å². The van der Waals surface area contributed by atoms with Crippen molar-refractivity contribution in [1.29, 1.82) is 0 Å². The summed E-state index contributed by atoms with van der Waals surface area (Å²) in [6.07, 6.45) is 22.0. The van der Waals surface area contributed by atoms with Gasteiger partial charge in [0.2, 0.25) is 23.6 Å². The third kappa shape index (κ3) is 41.2. The topological polar surface area (TPSA) is 351 Å². The van der Waals surface area contributed by atoms with Crippen molar-refractivity contribution in [3.8, 4) is 0 Å². The van der Waals surface area contributed by atoms with Gasteiger partial charge in [-0.05, 0) is 58.3 Å². The van der Waals surface area contributed by atoms with Gasteiger partial charge in [-0.3, -0.25) is 38.4 Å². The van der Waals surface area contributed by atoms with Crippen LogP contribution in [0.3, 0.4) is 0 Å². The number of aliphatic carboxylic acids is 5. The first-order chi connectivity index (χ1) is 34.1. The maximum absolute atomic E-state index is 12.5. The zero-order valence-electron chi connectivity index (χ0n) is 43.5. The van der Waals surface area contributed by atoms with E-state index in [2.05, 4.69) is 22.9 Å². The lowest BCUT2D eigenvalue weighted by Gasteiger charge is -2.17. The van der Waals surface area contributed by atoms with Crippen LogP contribution < -0.4 is 21.7 Å². The van der Waals surface area contributed by atoms with Gasteiger partial charge in [0, 0.05) is 57.4 Å². The standard InChI is InChI=1S/C32H50N4O14.C20H40O2/c1-3-19(28(33)42)6-4-5-15-34-25(39)14-11-24(32(49)50)36-27(41)13-8-21(30(45)46)17-22(38)9-10-23(31(47)48)35-26(40)12-7-20(29(43)44)16-18(2)37;1-2-3-4-5-6-7-8-9-10-11-12-13-14-15-16-17-18-19-20(21)22/h19-21,23-24H,3-17H2,1-2H3,(H2,33,42)(H,34,39)(H,35,40)(H,36,41)(H,43,44)(H,45,46)(H,47,48)(H,49,50);2-19H2,1H3,(H,21,22)/t19-,20+,21+,23-,24-;/m0./s1. The Bertz CT molecular complexity index is 1640. The van der Waals surface area contributed by atoms with Crippen molar-refractivity contribution in [1.82, 2.24) is 16.0 Å². The van der Waals surface area contributed by atoms with Gasteiger partial charge < -0.3 is 52.0 Å². The first kappa shape index (κ1) is 68.6. The van der Waals surface area contributed by atoms with Gasteiger partial charge >= 0.3 is 29.8 Å². The highest BCUT2D eigenvalue weighted by Crippen LogP contribution is 2.18. The highest BCUT2D eigenvalue weighted by molar-refractivity contribution is 5.88. The predicted octanol–water partition coefficient (Wildman–Crippen LogP) is 7.50. The third-order valence-corrected chi connectivity index (χ3v) is 12.5. The Morgan fingerprint density at radius 2 is 0.819 bits per heavy atom. The molecule has 0 radical (unpaired) electrons. The Morgan fingerprint density at radius 3 is 1.19 bits per heavy atom. The van der Waals surface area contributed by atoms with Crippen LogP contribution in [0.2, 0.25) is 0 Å². The predicted molar refractivity (Wildman–Crippen MR) is 269 cm³/mol. The largest absolute Gasteiger partial charge is 0.481 e. The summed E-state index contributed by atoms with van der Waals surface area (Å²) in [6.45, 7) is 5.62. The maximum atomic E-state index is 12.5. The summed E-state index contributed by atoms with van der Waals surface area (Å²) in [6, 6.07) is -2.97. The van der Waals surface area contributed by atoms with Gasteiger partial charge in [-0.1, -0.05) is 123 Å². The van der Waals surface area contributed by atoms with Gasteiger partial charge in [0.15, 0.2) is 0 Å². The number of hydrogen-bond donors (Lipinski definition) is 9. The Balaban J connectivity index is 0. The first-order valence-electron chi connectivity index (χ1n) is 26.4. The third-order valence-electron chi connectivity index (χ3n) is 12.5. The zero-order chi connectivity index (χ0) is 54.7. The number of carboxylic acid groups (broad SMARTS) is 5. The van der Waals surface area contributed by atoms with Crippen LogP contribution in [0.15, 0.2) is 0 Å². The van der Waals surface area contributed by atoms with E-state index in [1.54, 1.807) is 0 Å². The lowest BCUT2D eigenvalue weighted by atomic mass is 9.94. The van der Waals surface area contributed by atoms with Crippen molar-refractivity contribution in [2.45, 2.75) is 238 Å². The second-order valence-corrected chi connectivity index (χ2v) is 18.9. The fourth-order valence-corrected chi connectivity index (χ4v) is 7.97. The fourth-order valence-electron chi connectivity index (χ4n) is 7.97. The molecule has 5 atom stereocenters. The SMILES string of the molecule is CCCCCCCCCCCCCCCCCCCC(=O)O.CC[C@@H](CCCCNC(=O)CC[C@H](NC(=O)CC[C@H](CC(=O)CC[C@H](NC(=O)CC[C@H](CC(C)=O)C(=O)O)C(=O)O)C(=O)O)C(=O)O)C(N)=O. The first-order valence-corrected chi connectivity index (χ1v) is 26.4. The molecule has 0 bridgehead atoms. The molecule has 20 heteroatoms. The minimum absolute atomic E-state index is 0.218. The fraction of sp³-hybridized carbons (Fsp3) is 0.788. The van der Waals surface area contributed by atoms with Crippen LogP contribution >= 0.6 is 0 Å². The van der Waals surface area contributed by atoms with E-state index in [0.29, 0.717) is 38.6 Å². The van der Waals surface area contributed by atoms with Gasteiger partial charge in [0.05, 0.1) is 11.8 Å². The molecule has 10 N–H and O–H groups in total. The number of rotatable bonds is 47.